The maximum absolute atomic E-state index is 6.01. The van der Waals surface area contributed by atoms with Crippen LogP contribution in [0.5, 0.6) is 0 Å². The molecule has 2 atom stereocenters. The average molecular weight is 340 g/mol. The van der Waals surface area contributed by atoms with E-state index in [-0.39, 0.29) is 5.41 Å². The van der Waals surface area contributed by atoms with Crippen LogP contribution in [0.15, 0.2) is 28.7 Å². The summed E-state index contributed by atoms with van der Waals surface area (Å²) in [5.74, 6) is 0.609. The highest BCUT2D eigenvalue weighted by Crippen LogP contribution is 2.43. The molecule has 1 fully saturated rings. The highest BCUT2D eigenvalue weighted by atomic mass is 79.9. The molecule has 1 aliphatic carbocycles. The van der Waals surface area contributed by atoms with Crippen LogP contribution in [0, 0.1) is 11.3 Å². The van der Waals surface area contributed by atoms with Crippen LogP contribution in [0.4, 0.5) is 0 Å². The summed E-state index contributed by atoms with van der Waals surface area (Å²) in [7, 11) is 0. The summed E-state index contributed by atoms with van der Waals surface area (Å²) in [5.41, 5.74) is 1.53. The SMILES string of the molecule is CC(C)COC1CC(NCc2ccccc2Br)C1(C)C. The van der Waals surface area contributed by atoms with Crippen LogP contribution < -0.4 is 5.32 Å². The number of rotatable bonds is 6. The molecule has 0 bridgehead atoms. The predicted molar refractivity (Wildman–Crippen MR) is 87.7 cm³/mol. The van der Waals surface area contributed by atoms with Gasteiger partial charge in [-0.15, -0.1) is 0 Å². The van der Waals surface area contributed by atoms with Crippen LogP contribution in [0.1, 0.15) is 39.7 Å². The molecular formula is C17H26BrNO. The Hall–Kier alpha value is -0.380. The van der Waals surface area contributed by atoms with Crippen LogP contribution in [0.2, 0.25) is 0 Å². The number of hydrogen-bond acceptors (Lipinski definition) is 2. The molecule has 1 N–H and O–H groups in total. The smallest absolute Gasteiger partial charge is 0.0656 e. The lowest BCUT2D eigenvalue weighted by molar-refractivity contribution is -0.124. The summed E-state index contributed by atoms with van der Waals surface area (Å²) >= 11 is 3.60. The Labute approximate surface area is 131 Å². The second-order valence-electron chi connectivity index (χ2n) is 6.80. The second kappa shape index (κ2) is 6.59. The Balaban J connectivity index is 1.82. The Bertz CT molecular complexity index is 444. The lowest BCUT2D eigenvalue weighted by Crippen LogP contribution is -2.60. The molecule has 2 unspecified atom stereocenters. The molecule has 0 aliphatic heterocycles. The van der Waals surface area contributed by atoms with E-state index in [1.54, 1.807) is 0 Å². The summed E-state index contributed by atoms with van der Waals surface area (Å²) < 4.78 is 7.19. The molecule has 2 rings (SSSR count). The van der Waals surface area contributed by atoms with Crippen molar-refractivity contribution in [3.8, 4) is 0 Å². The highest BCUT2D eigenvalue weighted by molar-refractivity contribution is 9.10. The molecule has 1 saturated carbocycles. The van der Waals surface area contributed by atoms with E-state index in [0.717, 1.165) is 19.6 Å². The molecule has 1 aromatic rings. The van der Waals surface area contributed by atoms with Crippen LogP contribution in [-0.4, -0.2) is 18.8 Å². The topological polar surface area (TPSA) is 21.3 Å². The Kier molecular flexibility index (Phi) is 5.27. The summed E-state index contributed by atoms with van der Waals surface area (Å²) in [4.78, 5) is 0. The van der Waals surface area contributed by atoms with Gasteiger partial charge < -0.3 is 10.1 Å². The van der Waals surface area contributed by atoms with Crippen molar-refractivity contribution < 1.29 is 4.74 Å². The second-order valence-corrected chi connectivity index (χ2v) is 7.65. The highest BCUT2D eigenvalue weighted by Gasteiger charge is 2.48. The largest absolute Gasteiger partial charge is 0.377 e. The van der Waals surface area contributed by atoms with Crippen molar-refractivity contribution in [3.63, 3.8) is 0 Å². The van der Waals surface area contributed by atoms with Crippen molar-refractivity contribution in [2.24, 2.45) is 11.3 Å². The molecular weight excluding hydrogens is 314 g/mol. The predicted octanol–water partition coefficient (Wildman–Crippen LogP) is 4.38. The number of nitrogens with one attached hydrogen (secondary N) is 1. The molecule has 0 spiro atoms. The lowest BCUT2D eigenvalue weighted by Gasteiger charge is -2.52. The van der Waals surface area contributed by atoms with E-state index in [9.17, 15) is 0 Å². The van der Waals surface area contributed by atoms with Crippen molar-refractivity contribution in [2.75, 3.05) is 6.61 Å². The maximum atomic E-state index is 6.01. The quantitative estimate of drug-likeness (QED) is 0.830. The monoisotopic (exact) mass is 339 g/mol. The molecule has 1 aliphatic rings. The van der Waals surface area contributed by atoms with Crippen LogP contribution >= 0.6 is 15.9 Å². The Morgan fingerprint density at radius 3 is 2.65 bits per heavy atom. The first-order valence-electron chi connectivity index (χ1n) is 7.49. The van der Waals surface area contributed by atoms with Gasteiger partial charge in [0.2, 0.25) is 0 Å². The van der Waals surface area contributed by atoms with Gasteiger partial charge in [-0.1, -0.05) is 61.8 Å². The fraction of sp³-hybridized carbons (Fsp3) is 0.647. The van der Waals surface area contributed by atoms with E-state index < -0.39 is 0 Å². The van der Waals surface area contributed by atoms with Crippen LogP contribution in [0.25, 0.3) is 0 Å². The van der Waals surface area contributed by atoms with Gasteiger partial charge in [0.1, 0.15) is 0 Å². The number of hydrogen-bond donors (Lipinski definition) is 1. The van der Waals surface area contributed by atoms with Gasteiger partial charge in [-0.25, -0.2) is 0 Å². The first-order valence-corrected chi connectivity index (χ1v) is 8.29. The molecule has 0 radical (unpaired) electrons. The van der Waals surface area contributed by atoms with Gasteiger partial charge in [0.05, 0.1) is 6.10 Å². The normalized spacial score (nSPS) is 24.7. The Morgan fingerprint density at radius 2 is 2.05 bits per heavy atom. The lowest BCUT2D eigenvalue weighted by atomic mass is 9.64. The summed E-state index contributed by atoms with van der Waals surface area (Å²) in [6, 6.07) is 8.93. The number of halogens is 1. The minimum atomic E-state index is 0.218. The van der Waals surface area contributed by atoms with Crippen molar-refractivity contribution in [1.29, 1.82) is 0 Å². The van der Waals surface area contributed by atoms with Gasteiger partial charge in [-0.3, -0.25) is 0 Å². The average Bonchev–Trinajstić information content (AvgIpc) is 2.38. The third-order valence-electron chi connectivity index (χ3n) is 4.31. The van der Waals surface area contributed by atoms with E-state index in [4.69, 9.17) is 4.74 Å². The van der Waals surface area contributed by atoms with Gasteiger partial charge in [0.15, 0.2) is 0 Å². The summed E-state index contributed by atoms with van der Waals surface area (Å²) in [6.45, 7) is 10.8. The molecule has 20 heavy (non-hydrogen) atoms. The standard InChI is InChI=1S/C17H26BrNO/c1-12(2)11-20-16-9-15(17(16,3)4)19-10-13-7-5-6-8-14(13)18/h5-8,12,15-16,19H,9-11H2,1-4H3. The van der Waals surface area contributed by atoms with E-state index in [1.807, 2.05) is 0 Å². The van der Waals surface area contributed by atoms with Crippen molar-refractivity contribution in [3.05, 3.63) is 34.3 Å². The molecule has 3 heteroatoms. The van der Waals surface area contributed by atoms with Crippen LogP contribution in [0.3, 0.4) is 0 Å². The minimum Gasteiger partial charge on any atom is -0.377 e. The number of benzene rings is 1. The van der Waals surface area contributed by atoms with Crippen LogP contribution in [-0.2, 0) is 11.3 Å². The molecule has 0 heterocycles. The zero-order valence-electron chi connectivity index (χ0n) is 12.9. The summed E-state index contributed by atoms with van der Waals surface area (Å²) in [5, 5.41) is 3.67. The third kappa shape index (κ3) is 3.63. The van der Waals surface area contributed by atoms with Crippen molar-refractivity contribution in [1.82, 2.24) is 5.32 Å². The third-order valence-corrected chi connectivity index (χ3v) is 5.08. The van der Waals surface area contributed by atoms with Gasteiger partial charge in [0.25, 0.3) is 0 Å². The van der Waals surface area contributed by atoms with E-state index in [2.05, 4.69) is 73.2 Å². The molecule has 112 valence electrons. The number of ether oxygens (including phenoxy) is 1. The van der Waals surface area contributed by atoms with Gasteiger partial charge in [-0.05, 0) is 24.0 Å². The molecule has 1 aromatic carbocycles. The van der Waals surface area contributed by atoms with E-state index in [0.29, 0.717) is 18.1 Å². The molecule has 0 amide bonds. The molecule has 2 nitrogen and oxygen atoms in total. The van der Waals surface area contributed by atoms with Crippen molar-refractivity contribution in [2.45, 2.75) is 52.8 Å². The maximum Gasteiger partial charge on any atom is 0.0656 e. The fourth-order valence-electron chi connectivity index (χ4n) is 2.70. The zero-order chi connectivity index (χ0) is 14.8. The van der Waals surface area contributed by atoms with Gasteiger partial charge in [-0.2, -0.15) is 0 Å². The molecule has 0 saturated heterocycles. The first kappa shape index (κ1) is 16.0. The zero-order valence-corrected chi connectivity index (χ0v) is 14.5. The van der Waals surface area contributed by atoms with E-state index in [1.165, 1.54) is 10.0 Å². The fourth-order valence-corrected chi connectivity index (χ4v) is 3.12. The van der Waals surface area contributed by atoms with Gasteiger partial charge in [0, 0.05) is 29.1 Å². The van der Waals surface area contributed by atoms with Crippen molar-refractivity contribution >= 4 is 15.9 Å². The molecule has 0 aromatic heterocycles. The Morgan fingerprint density at radius 1 is 1.35 bits per heavy atom. The minimum absolute atomic E-state index is 0.218. The first-order chi connectivity index (χ1) is 9.41. The van der Waals surface area contributed by atoms with Gasteiger partial charge >= 0.3 is 0 Å². The van der Waals surface area contributed by atoms with E-state index >= 15 is 0 Å². The summed E-state index contributed by atoms with van der Waals surface area (Å²) in [6.07, 6.45) is 1.51.